The minimum Gasteiger partial charge on any atom is -0.494 e. The number of hydrogen-bond acceptors (Lipinski definition) is 4. The standard InChI is InChI=1S/C27H34N4O2S/c1-3-33-24-11-12-25-22(18-24)17-23(26(32)29-25)19-31(16-15-30-13-7-8-14-30)27(34)28-20(2)21-9-5-4-6-10-21/h4-6,9-12,17-18,20H,3,7-8,13-16,19H2,1-2H3,(H,28,34)(H,29,32)/t20-/m1/s1. The van der Waals surface area contributed by atoms with Crippen molar-refractivity contribution in [2.75, 3.05) is 32.8 Å². The lowest BCUT2D eigenvalue weighted by molar-refractivity contribution is 0.284. The van der Waals surface area contributed by atoms with Gasteiger partial charge in [0.1, 0.15) is 5.75 Å². The summed E-state index contributed by atoms with van der Waals surface area (Å²) in [5, 5.41) is 5.10. The molecule has 0 spiro atoms. The van der Waals surface area contributed by atoms with Crippen molar-refractivity contribution in [3.8, 4) is 5.75 Å². The van der Waals surface area contributed by atoms with Gasteiger partial charge in [0.25, 0.3) is 5.56 Å². The largest absolute Gasteiger partial charge is 0.494 e. The van der Waals surface area contributed by atoms with Gasteiger partial charge >= 0.3 is 0 Å². The molecule has 0 bridgehead atoms. The molecule has 0 radical (unpaired) electrons. The van der Waals surface area contributed by atoms with Crippen LogP contribution in [0.15, 0.2) is 59.4 Å². The molecule has 1 aliphatic rings. The van der Waals surface area contributed by atoms with Gasteiger partial charge in [-0.25, -0.2) is 0 Å². The Bertz CT molecular complexity index is 1160. The minimum atomic E-state index is -0.0817. The van der Waals surface area contributed by atoms with Gasteiger partial charge in [-0.2, -0.15) is 0 Å². The Balaban J connectivity index is 1.55. The van der Waals surface area contributed by atoms with E-state index in [9.17, 15) is 4.79 Å². The molecule has 7 heteroatoms. The van der Waals surface area contributed by atoms with Crippen LogP contribution in [-0.2, 0) is 6.54 Å². The van der Waals surface area contributed by atoms with Crippen molar-refractivity contribution in [1.29, 1.82) is 0 Å². The van der Waals surface area contributed by atoms with Gasteiger partial charge in [0.2, 0.25) is 0 Å². The highest BCUT2D eigenvalue weighted by Gasteiger charge is 2.18. The molecule has 2 N–H and O–H groups in total. The summed E-state index contributed by atoms with van der Waals surface area (Å²) >= 11 is 5.85. The van der Waals surface area contributed by atoms with Gasteiger partial charge in [0.05, 0.1) is 19.2 Å². The van der Waals surface area contributed by atoms with Gasteiger partial charge in [-0.3, -0.25) is 4.79 Å². The number of thiocarbonyl (C=S) groups is 1. The van der Waals surface area contributed by atoms with E-state index in [-0.39, 0.29) is 11.6 Å². The fraction of sp³-hybridized carbons (Fsp3) is 0.407. The summed E-state index contributed by atoms with van der Waals surface area (Å²) in [6.45, 7) is 9.09. The minimum absolute atomic E-state index is 0.0756. The third-order valence-electron chi connectivity index (χ3n) is 6.38. The number of nitrogens with zero attached hydrogens (tertiary/aromatic N) is 2. The normalized spacial score (nSPS) is 14.8. The van der Waals surface area contributed by atoms with Crippen molar-refractivity contribution in [2.24, 2.45) is 0 Å². The average Bonchev–Trinajstić information content (AvgIpc) is 3.36. The predicted octanol–water partition coefficient (Wildman–Crippen LogP) is 4.46. The maximum atomic E-state index is 12.9. The molecule has 3 aromatic rings. The van der Waals surface area contributed by atoms with E-state index in [1.54, 1.807) is 0 Å². The number of fused-ring (bicyclic) bond motifs is 1. The fourth-order valence-electron chi connectivity index (χ4n) is 4.43. The first-order valence-electron chi connectivity index (χ1n) is 12.1. The van der Waals surface area contributed by atoms with E-state index in [1.165, 1.54) is 18.4 Å². The number of nitrogens with one attached hydrogen (secondary N) is 2. The molecule has 2 aromatic carbocycles. The molecule has 1 aliphatic heterocycles. The summed E-state index contributed by atoms with van der Waals surface area (Å²) < 4.78 is 5.65. The second kappa shape index (κ2) is 11.5. The van der Waals surface area contributed by atoms with Crippen molar-refractivity contribution in [1.82, 2.24) is 20.1 Å². The van der Waals surface area contributed by atoms with E-state index in [4.69, 9.17) is 17.0 Å². The fourth-order valence-corrected chi connectivity index (χ4v) is 4.76. The predicted molar refractivity (Wildman–Crippen MR) is 142 cm³/mol. The van der Waals surface area contributed by atoms with Gasteiger partial charge in [-0.05, 0) is 81.8 Å². The molecule has 0 saturated carbocycles. The molecule has 180 valence electrons. The lowest BCUT2D eigenvalue weighted by atomic mass is 10.1. The van der Waals surface area contributed by atoms with Crippen molar-refractivity contribution in [2.45, 2.75) is 39.3 Å². The molecule has 4 rings (SSSR count). The van der Waals surface area contributed by atoms with Crippen LogP contribution >= 0.6 is 12.2 Å². The Labute approximate surface area is 206 Å². The van der Waals surface area contributed by atoms with E-state index in [0.717, 1.165) is 42.8 Å². The molecule has 2 heterocycles. The molecule has 1 aromatic heterocycles. The first kappa shape index (κ1) is 24.2. The maximum Gasteiger partial charge on any atom is 0.253 e. The van der Waals surface area contributed by atoms with Crippen molar-refractivity contribution >= 4 is 28.2 Å². The second-order valence-corrected chi connectivity index (χ2v) is 9.24. The quantitative estimate of drug-likeness (QED) is 0.443. The number of benzene rings is 2. The van der Waals surface area contributed by atoms with Crippen LogP contribution in [0, 0.1) is 0 Å². The number of ether oxygens (including phenoxy) is 1. The summed E-state index contributed by atoms with van der Waals surface area (Å²) in [6.07, 6.45) is 2.50. The van der Waals surface area contributed by atoms with Gasteiger partial charge in [0.15, 0.2) is 5.11 Å². The highest BCUT2D eigenvalue weighted by molar-refractivity contribution is 7.80. The maximum absolute atomic E-state index is 12.9. The van der Waals surface area contributed by atoms with Gasteiger partial charge in [0, 0.05) is 29.6 Å². The van der Waals surface area contributed by atoms with Crippen LogP contribution in [0.4, 0.5) is 0 Å². The third kappa shape index (κ3) is 6.15. The van der Waals surface area contributed by atoms with Gasteiger partial charge in [-0.15, -0.1) is 0 Å². The van der Waals surface area contributed by atoms with Crippen molar-refractivity contribution in [3.05, 3.63) is 76.1 Å². The SMILES string of the molecule is CCOc1ccc2[nH]c(=O)c(CN(CCN3CCCC3)C(=S)N[C@H](C)c3ccccc3)cc2c1. The molecule has 0 amide bonds. The molecule has 0 aliphatic carbocycles. The number of rotatable bonds is 9. The molecule has 1 atom stereocenters. The van der Waals surface area contributed by atoms with Crippen molar-refractivity contribution < 1.29 is 4.74 Å². The van der Waals surface area contributed by atoms with Crippen LogP contribution in [0.3, 0.4) is 0 Å². The Hall–Kier alpha value is -2.90. The van der Waals surface area contributed by atoms with E-state index >= 15 is 0 Å². The lowest BCUT2D eigenvalue weighted by Gasteiger charge is -2.30. The number of H-pyrrole nitrogens is 1. The molecule has 34 heavy (non-hydrogen) atoms. The Morgan fingerprint density at radius 2 is 1.94 bits per heavy atom. The van der Waals surface area contributed by atoms with Crippen molar-refractivity contribution in [3.63, 3.8) is 0 Å². The van der Waals surface area contributed by atoms with Crippen LogP contribution < -0.4 is 15.6 Å². The summed E-state index contributed by atoms with van der Waals surface area (Å²) in [4.78, 5) is 20.5. The lowest BCUT2D eigenvalue weighted by Crippen LogP contribution is -2.44. The zero-order valence-electron chi connectivity index (χ0n) is 20.0. The summed E-state index contributed by atoms with van der Waals surface area (Å²) in [7, 11) is 0. The summed E-state index contributed by atoms with van der Waals surface area (Å²) in [6, 6.07) is 18.1. The van der Waals surface area contributed by atoms with Gasteiger partial charge < -0.3 is 24.8 Å². The molecule has 0 unspecified atom stereocenters. The van der Waals surface area contributed by atoms with E-state index in [1.807, 2.05) is 49.4 Å². The van der Waals surface area contributed by atoms with Crippen LogP contribution in [0.1, 0.15) is 43.9 Å². The van der Waals surface area contributed by atoms with Crippen LogP contribution in [0.5, 0.6) is 5.75 Å². The smallest absolute Gasteiger partial charge is 0.253 e. The zero-order chi connectivity index (χ0) is 23.9. The zero-order valence-corrected chi connectivity index (χ0v) is 20.9. The van der Waals surface area contributed by atoms with Crippen LogP contribution in [0.25, 0.3) is 10.9 Å². The molecule has 1 saturated heterocycles. The van der Waals surface area contributed by atoms with E-state index < -0.39 is 0 Å². The molecule has 1 fully saturated rings. The first-order chi connectivity index (χ1) is 16.5. The second-order valence-electron chi connectivity index (χ2n) is 8.86. The highest BCUT2D eigenvalue weighted by Crippen LogP contribution is 2.20. The number of hydrogen-bond donors (Lipinski definition) is 2. The summed E-state index contributed by atoms with van der Waals surface area (Å²) in [5.74, 6) is 0.799. The number of likely N-dealkylation sites (tertiary alicyclic amines) is 1. The molecular formula is C27H34N4O2S. The molecular weight excluding hydrogens is 444 g/mol. The van der Waals surface area contributed by atoms with Crippen LogP contribution in [0.2, 0.25) is 0 Å². The van der Waals surface area contributed by atoms with Crippen LogP contribution in [-0.4, -0.2) is 52.7 Å². The Kier molecular flexibility index (Phi) is 8.19. The first-order valence-corrected chi connectivity index (χ1v) is 12.6. The Morgan fingerprint density at radius 3 is 2.68 bits per heavy atom. The Morgan fingerprint density at radius 1 is 1.18 bits per heavy atom. The number of aromatic nitrogens is 1. The third-order valence-corrected chi connectivity index (χ3v) is 6.75. The van der Waals surface area contributed by atoms with E-state index in [0.29, 0.717) is 23.8 Å². The number of pyridine rings is 1. The molecule has 6 nitrogen and oxygen atoms in total. The topological polar surface area (TPSA) is 60.6 Å². The monoisotopic (exact) mass is 478 g/mol. The van der Waals surface area contributed by atoms with Gasteiger partial charge in [-0.1, -0.05) is 30.3 Å². The number of aromatic amines is 1. The average molecular weight is 479 g/mol. The van der Waals surface area contributed by atoms with E-state index in [2.05, 4.69) is 39.2 Å². The highest BCUT2D eigenvalue weighted by atomic mass is 32.1. The summed E-state index contributed by atoms with van der Waals surface area (Å²) in [5.41, 5.74) is 2.59.